The van der Waals surface area contributed by atoms with Crippen molar-refractivity contribution < 1.29 is 9.18 Å². The molecule has 0 aliphatic heterocycles. The van der Waals surface area contributed by atoms with Crippen LogP contribution < -0.4 is 0 Å². The molecule has 0 aliphatic carbocycles. The van der Waals surface area contributed by atoms with Gasteiger partial charge in [0.1, 0.15) is 5.82 Å². The fourth-order valence-corrected chi connectivity index (χ4v) is 2.14. The van der Waals surface area contributed by atoms with Crippen LogP contribution in [0.15, 0.2) is 48.5 Å². The lowest BCUT2D eigenvalue weighted by Gasteiger charge is -2.04. The average Bonchev–Trinajstić information content (AvgIpc) is 2.36. The Labute approximate surface area is 97.5 Å². The van der Waals surface area contributed by atoms with Crippen molar-refractivity contribution in [1.82, 2.24) is 0 Å². The number of aldehydes is 1. The zero-order valence-electron chi connectivity index (χ0n) is 8.98. The second-order valence-electron chi connectivity index (χ2n) is 4.00. The van der Waals surface area contributed by atoms with Crippen LogP contribution in [0.5, 0.6) is 0 Å². The van der Waals surface area contributed by atoms with E-state index in [0.717, 1.165) is 22.4 Å². The summed E-state index contributed by atoms with van der Waals surface area (Å²) < 4.78 is 13.6. The molecule has 0 bridgehead atoms. The SMILES string of the molecule is O=Cc1cccc2cc3c(F)cccc3cc12. The summed E-state index contributed by atoms with van der Waals surface area (Å²) in [6.07, 6.45) is 0.827. The molecule has 0 radical (unpaired) electrons. The normalized spacial score (nSPS) is 10.9. The molecular formula is C15H9FO. The molecule has 0 amide bonds. The fraction of sp³-hybridized carbons (Fsp3) is 0. The van der Waals surface area contributed by atoms with E-state index in [-0.39, 0.29) is 5.82 Å². The highest BCUT2D eigenvalue weighted by Gasteiger charge is 2.04. The highest BCUT2D eigenvalue weighted by molar-refractivity contribution is 6.05. The van der Waals surface area contributed by atoms with Crippen LogP contribution in [0.1, 0.15) is 10.4 Å². The van der Waals surface area contributed by atoms with Crippen LogP contribution in [0.2, 0.25) is 0 Å². The molecule has 0 atom stereocenters. The molecule has 0 heterocycles. The third-order valence-electron chi connectivity index (χ3n) is 2.99. The number of carbonyl (C=O) groups excluding carboxylic acids is 1. The van der Waals surface area contributed by atoms with E-state index in [1.54, 1.807) is 24.3 Å². The van der Waals surface area contributed by atoms with Crippen LogP contribution in [0, 0.1) is 5.82 Å². The Hall–Kier alpha value is -2.22. The standard InChI is InChI=1S/C15H9FO/c16-15-6-2-4-11-7-13-10(8-14(11)15)3-1-5-12(13)9-17/h1-9H. The van der Waals surface area contributed by atoms with Crippen molar-refractivity contribution in [3.8, 4) is 0 Å². The van der Waals surface area contributed by atoms with Gasteiger partial charge in [0.2, 0.25) is 0 Å². The first-order valence-electron chi connectivity index (χ1n) is 5.36. The Balaban J connectivity index is 2.52. The summed E-state index contributed by atoms with van der Waals surface area (Å²) >= 11 is 0. The van der Waals surface area contributed by atoms with Crippen molar-refractivity contribution >= 4 is 27.8 Å². The van der Waals surface area contributed by atoms with Gasteiger partial charge in [0.25, 0.3) is 0 Å². The summed E-state index contributed by atoms with van der Waals surface area (Å²) in [5.41, 5.74) is 0.633. The summed E-state index contributed by atoms with van der Waals surface area (Å²) in [6, 6.07) is 14.1. The maximum absolute atomic E-state index is 13.6. The minimum atomic E-state index is -0.235. The molecule has 0 N–H and O–H groups in total. The maximum Gasteiger partial charge on any atom is 0.150 e. The molecule has 0 unspecified atom stereocenters. The number of halogens is 1. The lowest BCUT2D eigenvalue weighted by molar-refractivity contribution is 0.112. The summed E-state index contributed by atoms with van der Waals surface area (Å²) in [5, 5.41) is 3.14. The molecule has 2 heteroatoms. The number of fused-ring (bicyclic) bond motifs is 2. The summed E-state index contributed by atoms with van der Waals surface area (Å²) in [5.74, 6) is -0.235. The monoisotopic (exact) mass is 224 g/mol. The maximum atomic E-state index is 13.6. The van der Waals surface area contributed by atoms with Crippen LogP contribution >= 0.6 is 0 Å². The van der Waals surface area contributed by atoms with E-state index in [1.165, 1.54) is 6.07 Å². The van der Waals surface area contributed by atoms with Crippen molar-refractivity contribution in [2.45, 2.75) is 0 Å². The highest BCUT2D eigenvalue weighted by atomic mass is 19.1. The smallest absolute Gasteiger partial charge is 0.150 e. The van der Waals surface area contributed by atoms with Gasteiger partial charge < -0.3 is 0 Å². The number of carbonyl (C=O) groups is 1. The van der Waals surface area contributed by atoms with Gasteiger partial charge in [0.15, 0.2) is 6.29 Å². The molecule has 0 saturated heterocycles. The van der Waals surface area contributed by atoms with Gasteiger partial charge in [-0.15, -0.1) is 0 Å². The molecule has 3 rings (SSSR count). The third-order valence-corrected chi connectivity index (χ3v) is 2.99. The van der Waals surface area contributed by atoms with Gasteiger partial charge in [-0.2, -0.15) is 0 Å². The zero-order chi connectivity index (χ0) is 11.8. The lowest BCUT2D eigenvalue weighted by Crippen LogP contribution is -1.85. The first kappa shape index (κ1) is 9.97. The van der Waals surface area contributed by atoms with Crippen molar-refractivity contribution in [2.75, 3.05) is 0 Å². The fourth-order valence-electron chi connectivity index (χ4n) is 2.14. The Morgan fingerprint density at radius 2 is 1.53 bits per heavy atom. The predicted molar refractivity (Wildman–Crippen MR) is 66.8 cm³/mol. The van der Waals surface area contributed by atoms with E-state index >= 15 is 0 Å². The van der Waals surface area contributed by atoms with Crippen molar-refractivity contribution in [1.29, 1.82) is 0 Å². The second kappa shape index (κ2) is 3.67. The first-order valence-corrected chi connectivity index (χ1v) is 5.36. The van der Waals surface area contributed by atoms with Crippen LogP contribution in [-0.4, -0.2) is 6.29 Å². The van der Waals surface area contributed by atoms with Crippen LogP contribution in [0.3, 0.4) is 0 Å². The topological polar surface area (TPSA) is 17.1 Å². The molecule has 17 heavy (non-hydrogen) atoms. The van der Waals surface area contributed by atoms with Gasteiger partial charge in [-0.3, -0.25) is 4.79 Å². The summed E-state index contributed by atoms with van der Waals surface area (Å²) in [6.45, 7) is 0. The van der Waals surface area contributed by atoms with Gasteiger partial charge in [-0.25, -0.2) is 4.39 Å². The number of benzene rings is 3. The molecule has 82 valence electrons. The molecule has 0 fully saturated rings. The van der Waals surface area contributed by atoms with E-state index in [1.807, 2.05) is 18.2 Å². The Morgan fingerprint density at radius 1 is 0.882 bits per heavy atom. The average molecular weight is 224 g/mol. The molecule has 0 saturated carbocycles. The van der Waals surface area contributed by atoms with Crippen LogP contribution in [-0.2, 0) is 0 Å². The van der Waals surface area contributed by atoms with Crippen LogP contribution in [0.25, 0.3) is 21.5 Å². The minimum Gasteiger partial charge on any atom is -0.298 e. The molecule has 3 aromatic carbocycles. The minimum absolute atomic E-state index is 0.235. The molecule has 1 nitrogen and oxygen atoms in total. The van der Waals surface area contributed by atoms with Crippen molar-refractivity contribution in [3.63, 3.8) is 0 Å². The molecule has 0 spiro atoms. The predicted octanol–water partition coefficient (Wildman–Crippen LogP) is 3.94. The van der Waals surface area contributed by atoms with E-state index < -0.39 is 0 Å². The van der Waals surface area contributed by atoms with Crippen LogP contribution in [0.4, 0.5) is 4.39 Å². The van der Waals surface area contributed by atoms with Gasteiger partial charge >= 0.3 is 0 Å². The van der Waals surface area contributed by atoms with Gasteiger partial charge in [-0.1, -0.05) is 30.3 Å². The Bertz CT molecular complexity index is 731. The van der Waals surface area contributed by atoms with Crippen molar-refractivity contribution in [3.05, 3.63) is 59.9 Å². The second-order valence-corrected chi connectivity index (χ2v) is 4.00. The summed E-state index contributed by atoms with van der Waals surface area (Å²) in [4.78, 5) is 10.9. The lowest BCUT2D eigenvalue weighted by atomic mass is 10.00. The van der Waals surface area contributed by atoms with E-state index in [9.17, 15) is 9.18 Å². The Kier molecular flexibility index (Phi) is 2.15. The van der Waals surface area contributed by atoms with Gasteiger partial charge in [0, 0.05) is 10.9 Å². The molecular weight excluding hydrogens is 215 g/mol. The summed E-state index contributed by atoms with van der Waals surface area (Å²) in [7, 11) is 0. The number of rotatable bonds is 1. The number of hydrogen-bond acceptors (Lipinski definition) is 1. The largest absolute Gasteiger partial charge is 0.298 e. The highest BCUT2D eigenvalue weighted by Crippen LogP contribution is 2.26. The van der Waals surface area contributed by atoms with Crippen molar-refractivity contribution in [2.24, 2.45) is 0 Å². The number of hydrogen-bond donors (Lipinski definition) is 0. The quantitative estimate of drug-likeness (QED) is 0.452. The van der Waals surface area contributed by atoms with Gasteiger partial charge in [0.05, 0.1) is 0 Å². The molecule has 0 aromatic heterocycles. The third kappa shape index (κ3) is 1.49. The zero-order valence-corrected chi connectivity index (χ0v) is 8.98. The van der Waals surface area contributed by atoms with E-state index in [2.05, 4.69) is 0 Å². The molecule has 3 aromatic rings. The van der Waals surface area contributed by atoms with E-state index in [0.29, 0.717) is 10.9 Å². The van der Waals surface area contributed by atoms with Gasteiger partial charge in [-0.05, 0) is 34.4 Å². The first-order chi connectivity index (χ1) is 8.29. The van der Waals surface area contributed by atoms with E-state index in [4.69, 9.17) is 0 Å². The molecule has 0 aliphatic rings. The Morgan fingerprint density at radius 3 is 2.29 bits per heavy atom.